The van der Waals surface area contributed by atoms with Gasteiger partial charge >= 0.3 is 0 Å². The van der Waals surface area contributed by atoms with Crippen molar-refractivity contribution in [3.63, 3.8) is 0 Å². The summed E-state index contributed by atoms with van der Waals surface area (Å²) in [5, 5.41) is 0. The van der Waals surface area contributed by atoms with E-state index in [4.69, 9.17) is 5.73 Å². The first-order valence-electron chi connectivity index (χ1n) is 7.03. The van der Waals surface area contributed by atoms with E-state index in [1.54, 1.807) is 4.90 Å². The molecule has 6 heteroatoms. The summed E-state index contributed by atoms with van der Waals surface area (Å²) >= 11 is 0. The number of carbonyl (C=O) groups is 1. The van der Waals surface area contributed by atoms with Gasteiger partial charge in [-0.2, -0.15) is 0 Å². The maximum Gasteiger partial charge on any atom is 0.239 e. The lowest BCUT2D eigenvalue weighted by molar-refractivity contribution is -0.131. The van der Waals surface area contributed by atoms with Gasteiger partial charge in [-0.3, -0.25) is 13.6 Å². The molecule has 3 nitrogen and oxygen atoms in total. The number of hydrogen-bond acceptors (Lipinski definition) is 2. The topological polar surface area (TPSA) is 46.3 Å². The van der Waals surface area contributed by atoms with E-state index in [1.807, 2.05) is 0 Å². The Labute approximate surface area is 124 Å². The Balaban J connectivity index is 0.00000191. The van der Waals surface area contributed by atoms with Gasteiger partial charge in [0.1, 0.15) is 6.17 Å². The van der Waals surface area contributed by atoms with Gasteiger partial charge in [-0.1, -0.05) is 12.7 Å². The second-order valence-electron chi connectivity index (χ2n) is 4.78. The molecule has 0 spiro atoms. The van der Waals surface area contributed by atoms with Gasteiger partial charge in [-0.15, -0.1) is 0 Å². The predicted octanol–water partition coefficient (Wildman–Crippen LogP) is 2.72. The van der Waals surface area contributed by atoms with Gasteiger partial charge in [0.05, 0.1) is 19.9 Å². The molecule has 0 bridgehead atoms. The zero-order valence-electron chi connectivity index (χ0n) is 12.5. The molecule has 0 saturated carbocycles. The number of likely N-dealkylation sites (tertiary alicyclic amines) is 1. The van der Waals surface area contributed by atoms with Gasteiger partial charge in [0.2, 0.25) is 5.91 Å². The fourth-order valence-corrected chi connectivity index (χ4v) is 2.15. The minimum absolute atomic E-state index is 0.105. The highest BCUT2D eigenvalue weighted by atomic mass is 19.1. The summed E-state index contributed by atoms with van der Waals surface area (Å²) in [6.07, 6.45) is 3.49. The minimum Gasteiger partial charge on any atom is -0.341 e. The Hall–Kier alpha value is -1.30. The van der Waals surface area contributed by atoms with Gasteiger partial charge in [0.25, 0.3) is 0 Å². The van der Waals surface area contributed by atoms with Gasteiger partial charge in [0.15, 0.2) is 0 Å². The number of nitrogens with zero attached hydrogens (tertiary/aromatic N) is 1. The molecule has 1 fully saturated rings. The van der Waals surface area contributed by atoms with Crippen LogP contribution >= 0.6 is 0 Å². The van der Waals surface area contributed by atoms with Crippen molar-refractivity contribution in [1.29, 1.82) is 0 Å². The molecule has 0 aromatic rings. The van der Waals surface area contributed by atoms with Crippen LogP contribution in [-0.2, 0) is 4.79 Å². The van der Waals surface area contributed by atoms with E-state index < -0.39 is 18.9 Å². The third-order valence-electron chi connectivity index (χ3n) is 3.23. The maximum absolute atomic E-state index is 13.3. The van der Waals surface area contributed by atoms with Crippen LogP contribution in [-0.4, -0.2) is 50.0 Å². The number of amides is 1. The van der Waals surface area contributed by atoms with Crippen molar-refractivity contribution in [1.82, 2.24) is 4.90 Å². The minimum atomic E-state index is -1.35. The van der Waals surface area contributed by atoms with Gasteiger partial charge in [-0.05, 0) is 30.9 Å². The molecular weight excluding hydrogens is 281 g/mol. The summed E-state index contributed by atoms with van der Waals surface area (Å²) < 4.78 is 34.8. The molecule has 0 aliphatic carbocycles. The number of rotatable bonds is 7. The van der Waals surface area contributed by atoms with Gasteiger partial charge < -0.3 is 10.6 Å². The van der Waals surface area contributed by atoms with Crippen LogP contribution in [0.5, 0.6) is 0 Å². The number of nitrogens with two attached hydrogens (primary N) is 1. The molecule has 0 aromatic carbocycles. The van der Waals surface area contributed by atoms with E-state index in [2.05, 4.69) is 6.58 Å². The molecular formula is C15H25F3N2O. The molecule has 1 heterocycles. The van der Waals surface area contributed by atoms with Crippen LogP contribution in [0.25, 0.3) is 0 Å². The molecule has 21 heavy (non-hydrogen) atoms. The van der Waals surface area contributed by atoms with Crippen molar-refractivity contribution in [2.45, 2.75) is 37.9 Å². The molecule has 1 aliphatic rings. The largest absolute Gasteiger partial charge is 0.341 e. The first-order chi connectivity index (χ1) is 10.1. The van der Waals surface area contributed by atoms with Crippen molar-refractivity contribution in [2.24, 2.45) is 5.73 Å². The summed E-state index contributed by atoms with van der Waals surface area (Å²) in [6.45, 7) is 4.35. The number of halogens is 3. The first kappa shape index (κ1) is 19.7. The highest BCUT2D eigenvalue weighted by Gasteiger charge is 2.24. The lowest BCUT2D eigenvalue weighted by Crippen LogP contribution is -2.42. The van der Waals surface area contributed by atoms with E-state index in [1.165, 1.54) is 12.2 Å². The maximum atomic E-state index is 13.3. The molecule has 0 radical (unpaired) electrons. The lowest BCUT2D eigenvalue weighted by atomic mass is 10.0. The molecule has 122 valence electrons. The highest BCUT2D eigenvalue weighted by Crippen LogP contribution is 2.14. The third-order valence-corrected chi connectivity index (χ3v) is 3.23. The predicted molar refractivity (Wildman–Crippen MR) is 79.2 cm³/mol. The van der Waals surface area contributed by atoms with Crippen LogP contribution in [0.2, 0.25) is 0 Å². The molecule has 1 rings (SSSR count). The van der Waals surface area contributed by atoms with Gasteiger partial charge in [-0.25, -0.2) is 4.39 Å². The average molecular weight is 306 g/mol. The fraction of sp³-hybridized carbons (Fsp3) is 0.667. The highest BCUT2D eigenvalue weighted by molar-refractivity contribution is 5.82. The number of allylic oxidation sites excluding steroid dienone is 2. The molecule has 1 amide bonds. The Morgan fingerprint density at radius 3 is 2.43 bits per heavy atom. The second-order valence-corrected chi connectivity index (χ2v) is 4.78. The molecule has 0 aromatic heterocycles. The summed E-state index contributed by atoms with van der Waals surface area (Å²) in [4.78, 5) is 13.7. The molecule has 1 unspecified atom stereocenters. The normalized spacial score (nSPS) is 17.8. The van der Waals surface area contributed by atoms with Crippen molar-refractivity contribution in [3.8, 4) is 0 Å². The zero-order chi connectivity index (χ0) is 16.3. The summed E-state index contributed by atoms with van der Waals surface area (Å²) in [7, 11) is 0.500. The van der Waals surface area contributed by atoms with Crippen LogP contribution < -0.4 is 5.73 Å². The molecule has 2 N–H and O–H groups in total. The third kappa shape index (κ3) is 7.32. The van der Waals surface area contributed by atoms with Crippen molar-refractivity contribution in [2.75, 3.05) is 26.9 Å². The first-order valence-corrected chi connectivity index (χ1v) is 7.03. The average Bonchev–Trinajstić information content (AvgIpc) is 3.02. The van der Waals surface area contributed by atoms with Crippen molar-refractivity contribution < 1.29 is 18.0 Å². The second kappa shape index (κ2) is 11.4. The molecule has 1 saturated heterocycles. The van der Waals surface area contributed by atoms with Crippen LogP contribution in [0.1, 0.15) is 25.7 Å². The van der Waals surface area contributed by atoms with Crippen LogP contribution in [0.15, 0.2) is 24.3 Å². The van der Waals surface area contributed by atoms with E-state index >= 15 is 0 Å². The Kier molecular flexibility index (Phi) is 10.7. The zero-order valence-corrected chi connectivity index (χ0v) is 12.5. The molecule has 2 atom stereocenters. The number of hydrogen-bond donors (Lipinski definition) is 1. The summed E-state index contributed by atoms with van der Waals surface area (Å²) in [5.41, 5.74) is 6.40. The summed E-state index contributed by atoms with van der Waals surface area (Å²) in [6, 6.07) is -0.681. The van der Waals surface area contributed by atoms with Crippen molar-refractivity contribution >= 4 is 5.91 Å². The Bertz CT molecular complexity index is 342. The van der Waals surface area contributed by atoms with Gasteiger partial charge in [0, 0.05) is 19.5 Å². The van der Waals surface area contributed by atoms with Crippen molar-refractivity contribution in [3.05, 3.63) is 24.3 Å². The smallest absolute Gasteiger partial charge is 0.239 e. The lowest BCUT2D eigenvalue weighted by Gasteiger charge is -2.20. The van der Waals surface area contributed by atoms with Crippen LogP contribution in [0.3, 0.4) is 0 Å². The summed E-state index contributed by atoms with van der Waals surface area (Å²) in [5.74, 6) is -0.105. The molecule has 1 aliphatic heterocycles. The van der Waals surface area contributed by atoms with E-state index in [9.17, 15) is 18.0 Å². The van der Waals surface area contributed by atoms with Crippen LogP contribution in [0, 0.1) is 0 Å². The van der Waals surface area contributed by atoms with Crippen LogP contribution in [0.4, 0.5) is 13.2 Å². The Morgan fingerprint density at radius 2 is 1.95 bits per heavy atom. The standard InChI is InChI=1S/C14H22F2N2O.CH3F/c1-2-11(9-12(16)5-6-15)10-13(17)14(19)18-7-3-4-8-18;1-2/h2,9,12-13H,1,3-8,10,17H2;1H3/b11-9+;/t12?,13-;/m0./s1. The van der Waals surface area contributed by atoms with E-state index in [0.29, 0.717) is 12.8 Å². The number of alkyl halides is 3. The van der Waals surface area contributed by atoms with E-state index in [0.717, 1.165) is 25.9 Å². The number of carbonyl (C=O) groups excluding carboxylic acids is 1. The fourth-order valence-electron chi connectivity index (χ4n) is 2.15. The quantitative estimate of drug-likeness (QED) is 0.735. The Morgan fingerprint density at radius 1 is 1.38 bits per heavy atom. The SMILES string of the molecule is C=C/C(=C\C(F)CCF)C[C@H](N)C(=O)N1CCCC1.CF. The monoisotopic (exact) mass is 306 g/mol. The van der Waals surface area contributed by atoms with E-state index in [-0.39, 0.29) is 18.7 Å².